The topological polar surface area (TPSA) is 59.2 Å². The van der Waals surface area contributed by atoms with Crippen molar-refractivity contribution in [1.82, 2.24) is 15.3 Å². The van der Waals surface area contributed by atoms with Crippen molar-refractivity contribution in [2.45, 2.75) is 13.0 Å². The number of hydrogen-bond acceptors (Lipinski definition) is 4. The van der Waals surface area contributed by atoms with Gasteiger partial charge in [-0.3, -0.25) is 0 Å². The molecule has 1 unspecified atom stereocenters. The van der Waals surface area contributed by atoms with Crippen LogP contribution in [0.3, 0.4) is 0 Å². The molecule has 0 fully saturated rings. The highest BCUT2D eigenvalue weighted by Gasteiger charge is 2.19. The van der Waals surface area contributed by atoms with Gasteiger partial charge < -0.3 is 19.8 Å². The van der Waals surface area contributed by atoms with Crippen LogP contribution < -0.4 is 14.8 Å². The Morgan fingerprint density at radius 1 is 1.32 bits per heavy atom. The number of benzene rings is 1. The summed E-state index contributed by atoms with van der Waals surface area (Å²) in [6, 6.07) is 5.77. The van der Waals surface area contributed by atoms with E-state index in [4.69, 9.17) is 9.47 Å². The third-order valence-electron chi connectivity index (χ3n) is 2.95. The number of nitrogens with zero attached hydrogens (tertiary/aromatic N) is 1. The van der Waals surface area contributed by atoms with E-state index in [2.05, 4.69) is 22.2 Å². The van der Waals surface area contributed by atoms with Crippen LogP contribution in [0.2, 0.25) is 0 Å². The molecule has 19 heavy (non-hydrogen) atoms. The van der Waals surface area contributed by atoms with E-state index >= 15 is 0 Å². The number of hydrogen-bond donors (Lipinski definition) is 2. The van der Waals surface area contributed by atoms with Gasteiger partial charge in [-0.15, -0.1) is 0 Å². The number of aromatic amines is 1. The second-order valence-corrected chi connectivity index (χ2v) is 4.07. The normalized spacial score (nSPS) is 12.2. The van der Waals surface area contributed by atoms with Gasteiger partial charge >= 0.3 is 0 Å². The maximum atomic E-state index is 5.45. The summed E-state index contributed by atoms with van der Waals surface area (Å²) >= 11 is 0. The van der Waals surface area contributed by atoms with Gasteiger partial charge in [-0.2, -0.15) is 0 Å². The predicted molar refractivity (Wildman–Crippen MR) is 73.7 cm³/mol. The first kappa shape index (κ1) is 13.4. The summed E-state index contributed by atoms with van der Waals surface area (Å²) < 4.78 is 10.7. The van der Waals surface area contributed by atoms with Gasteiger partial charge in [0.1, 0.15) is 17.3 Å². The number of imidazole rings is 1. The van der Waals surface area contributed by atoms with E-state index in [-0.39, 0.29) is 6.04 Å². The third-order valence-corrected chi connectivity index (χ3v) is 2.95. The summed E-state index contributed by atoms with van der Waals surface area (Å²) in [5, 5.41) is 3.40. The zero-order valence-corrected chi connectivity index (χ0v) is 11.4. The molecule has 2 rings (SSSR count). The monoisotopic (exact) mass is 261 g/mol. The molecule has 0 aliphatic rings. The van der Waals surface area contributed by atoms with Crippen LogP contribution in [-0.4, -0.2) is 30.7 Å². The molecular weight excluding hydrogens is 242 g/mol. The fourth-order valence-corrected chi connectivity index (χ4v) is 2.05. The molecule has 102 valence electrons. The highest BCUT2D eigenvalue weighted by atomic mass is 16.5. The number of H-pyrrole nitrogens is 1. The predicted octanol–water partition coefficient (Wildman–Crippen LogP) is 2.13. The van der Waals surface area contributed by atoms with Crippen molar-refractivity contribution in [3.63, 3.8) is 0 Å². The number of nitrogens with one attached hydrogen (secondary N) is 2. The summed E-state index contributed by atoms with van der Waals surface area (Å²) in [5.41, 5.74) is 1.03. The van der Waals surface area contributed by atoms with E-state index in [1.807, 2.05) is 24.4 Å². The van der Waals surface area contributed by atoms with Crippen molar-refractivity contribution in [2.24, 2.45) is 0 Å². The molecule has 0 radical (unpaired) electrons. The summed E-state index contributed by atoms with van der Waals surface area (Å²) in [7, 11) is 3.30. The maximum absolute atomic E-state index is 5.45. The van der Waals surface area contributed by atoms with Crippen LogP contribution in [0.4, 0.5) is 0 Å². The lowest BCUT2D eigenvalue weighted by Gasteiger charge is -2.19. The van der Waals surface area contributed by atoms with Crippen LogP contribution in [0.15, 0.2) is 30.6 Å². The van der Waals surface area contributed by atoms with Crippen molar-refractivity contribution in [3.05, 3.63) is 42.0 Å². The van der Waals surface area contributed by atoms with Crippen molar-refractivity contribution in [3.8, 4) is 11.5 Å². The minimum Gasteiger partial charge on any atom is -0.497 e. The summed E-state index contributed by atoms with van der Waals surface area (Å²) in [4.78, 5) is 7.46. The Kier molecular flexibility index (Phi) is 4.41. The molecule has 5 nitrogen and oxygen atoms in total. The molecule has 0 amide bonds. The summed E-state index contributed by atoms with van der Waals surface area (Å²) in [6.07, 6.45) is 3.56. The van der Waals surface area contributed by atoms with E-state index in [9.17, 15) is 0 Å². The van der Waals surface area contributed by atoms with E-state index in [0.29, 0.717) is 0 Å². The molecule has 0 aliphatic heterocycles. The van der Waals surface area contributed by atoms with Crippen molar-refractivity contribution >= 4 is 0 Å². The van der Waals surface area contributed by atoms with Gasteiger partial charge in [0.2, 0.25) is 0 Å². The first-order chi connectivity index (χ1) is 9.30. The molecule has 1 aromatic heterocycles. The molecule has 1 aromatic carbocycles. The van der Waals surface area contributed by atoms with Crippen LogP contribution >= 0.6 is 0 Å². The van der Waals surface area contributed by atoms with Gasteiger partial charge in [0.15, 0.2) is 0 Å². The Hall–Kier alpha value is -2.01. The molecule has 2 N–H and O–H groups in total. The van der Waals surface area contributed by atoms with E-state index in [0.717, 1.165) is 29.4 Å². The lowest BCUT2D eigenvalue weighted by atomic mass is 10.0. The lowest BCUT2D eigenvalue weighted by Crippen LogP contribution is -2.23. The zero-order valence-electron chi connectivity index (χ0n) is 11.4. The molecule has 2 aromatic rings. The summed E-state index contributed by atoms with van der Waals surface area (Å²) in [5.74, 6) is 2.42. The van der Waals surface area contributed by atoms with Crippen molar-refractivity contribution in [2.75, 3.05) is 20.8 Å². The summed E-state index contributed by atoms with van der Waals surface area (Å²) in [6.45, 7) is 2.90. The van der Waals surface area contributed by atoms with E-state index in [1.54, 1.807) is 20.4 Å². The SMILES string of the molecule is CCNC(c1ncc[nH]1)c1ccc(OC)cc1OC. The highest BCUT2D eigenvalue weighted by molar-refractivity contribution is 5.44. The smallest absolute Gasteiger partial charge is 0.127 e. The van der Waals surface area contributed by atoms with Crippen LogP contribution in [0, 0.1) is 0 Å². The molecule has 0 saturated heterocycles. The van der Waals surface area contributed by atoms with E-state index < -0.39 is 0 Å². The Morgan fingerprint density at radius 2 is 2.16 bits per heavy atom. The Balaban J connectivity index is 2.41. The van der Waals surface area contributed by atoms with E-state index in [1.165, 1.54) is 0 Å². The maximum Gasteiger partial charge on any atom is 0.127 e. The highest BCUT2D eigenvalue weighted by Crippen LogP contribution is 2.31. The molecule has 5 heteroatoms. The average Bonchev–Trinajstić information content (AvgIpc) is 2.98. The fraction of sp³-hybridized carbons (Fsp3) is 0.357. The van der Waals surface area contributed by atoms with Gasteiger partial charge in [-0.25, -0.2) is 4.98 Å². The van der Waals surface area contributed by atoms with Gasteiger partial charge in [0.25, 0.3) is 0 Å². The minimum absolute atomic E-state index is 0.0270. The average molecular weight is 261 g/mol. The van der Waals surface area contributed by atoms with Gasteiger partial charge in [0, 0.05) is 24.0 Å². The van der Waals surface area contributed by atoms with Crippen LogP contribution in [-0.2, 0) is 0 Å². The molecular formula is C14H19N3O2. The quantitative estimate of drug-likeness (QED) is 0.836. The number of ether oxygens (including phenoxy) is 2. The molecule has 0 saturated carbocycles. The first-order valence-corrected chi connectivity index (χ1v) is 6.24. The van der Waals surface area contributed by atoms with Gasteiger partial charge in [-0.1, -0.05) is 6.92 Å². The van der Waals surface area contributed by atoms with Crippen molar-refractivity contribution in [1.29, 1.82) is 0 Å². The van der Waals surface area contributed by atoms with Crippen molar-refractivity contribution < 1.29 is 9.47 Å². The zero-order chi connectivity index (χ0) is 13.7. The molecule has 0 aliphatic carbocycles. The third kappa shape index (κ3) is 2.88. The minimum atomic E-state index is -0.0270. The molecule has 0 spiro atoms. The van der Waals surface area contributed by atoms with Crippen LogP contribution in [0.1, 0.15) is 24.4 Å². The van der Waals surface area contributed by atoms with Crippen LogP contribution in [0.25, 0.3) is 0 Å². The number of rotatable bonds is 6. The fourth-order valence-electron chi connectivity index (χ4n) is 2.05. The Bertz CT molecular complexity index is 511. The molecule has 1 heterocycles. The Morgan fingerprint density at radius 3 is 2.74 bits per heavy atom. The largest absolute Gasteiger partial charge is 0.497 e. The number of aromatic nitrogens is 2. The standard InChI is InChI=1S/C14H19N3O2/c1-4-15-13(14-16-7-8-17-14)11-6-5-10(18-2)9-12(11)19-3/h5-9,13,15H,4H2,1-3H3,(H,16,17). The molecule has 1 atom stereocenters. The van der Waals surface area contributed by atoms with Crippen LogP contribution in [0.5, 0.6) is 11.5 Å². The van der Waals surface area contributed by atoms with Gasteiger partial charge in [0.05, 0.1) is 20.3 Å². The molecule has 0 bridgehead atoms. The van der Waals surface area contributed by atoms with Gasteiger partial charge in [-0.05, 0) is 18.7 Å². The number of methoxy groups -OCH3 is 2. The second kappa shape index (κ2) is 6.24. The Labute approximate surface area is 113 Å². The second-order valence-electron chi connectivity index (χ2n) is 4.07. The lowest BCUT2D eigenvalue weighted by molar-refractivity contribution is 0.387. The first-order valence-electron chi connectivity index (χ1n) is 6.24.